The smallest absolute Gasteiger partial charge is 0.497 e. The van der Waals surface area contributed by atoms with Crippen molar-refractivity contribution in [1.29, 1.82) is 0 Å². The highest BCUT2D eigenvalue weighted by Crippen LogP contribution is 2.36. The molecule has 3 amide bonds. The Bertz CT molecular complexity index is 1450. The van der Waals surface area contributed by atoms with Crippen LogP contribution in [-0.4, -0.2) is 48.4 Å². The maximum absolute atomic E-state index is 13.4. The van der Waals surface area contributed by atoms with Gasteiger partial charge in [-0.1, -0.05) is 12.1 Å². The zero-order valence-corrected chi connectivity index (χ0v) is 20.8. The second-order valence-electron chi connectivity index (χ2n) is 8.77. The van der Waals surface area contributed by atoms with Crippen molar-refractivity contribution in [3.05, 3.63) is 72.6 Å². The fraction of sp³-hybridized carbons (Fsp3) is 0.240. The molecule has 37 heavy (non-hydrogen) atoms. The second kappa shape index (κ2) is 9.18. The average molecular weight is 534 g/mol. The summed E-state index contributed by atoms with van der Waals surface area (Å²) in [5.41, 5.74) is -4.55. The molecule has 0 radical (unpaired) electrons. The molecule has 0 unspecified atom stereocenters. The number of benzene rings is 2. The average Bonchev–Trinajstić information content (AvgIpc) is 3.03. The van der Waals surface area contributed by atoms with E-state index in [0.717, 1.165) is 40.3 Å². The standard InChI is InChI=1S/C25H22F3N3O5S/c1-24(2)22(32)31(18-6-10-20(11-7-18)37(34,35)25(26,27)28)23(33)30(24)15-17-12-13-29-14-21(17)16-4-8-19(36-3)9-5-16/h4-14H,15H2,1-3H3. The number of carbonyl (C=O) groups is 2. The van der Waals surface area contributed by atoms with Crippen molar-refractivity contribution in [3.8, 4) is 16.9 Å². The van der Waals surface area contributed by atoms with Gasteiger partial charge < -0.3 is 9.64 Å². The Morgan fingerprint density at radius 1 is 0.973 bits per heavy atom. The van der Waals surface area contributed by atoms with Crippen molar-refractivity contribution in [3.63, 3.8) is 0 Å². The fourth-order valence-electron chi connectivity index (χ4n) is 4.00. The summed E-state index contributed by atoms with van der Waals surface area (Å²) < 4.78 is 67.1. The molecule has 0 N–H and O–H groups in total. The van der Waals surface area contributed by atoms with Crippen molar-refractivity contribution < 1.29 is 35.9 Å². The maximum Gasteiger partial charge on any atom is 0.501 e. The summed E-state index contributed by atoms with van der Waals surface area (Å²) in [6.45, 7) is 3.16. The Balaban J connectivity index is 1.66. The number of imide groups is 1. The van der Waals surface area contributed by atoms with Crippen molar-refractivity contribution in [2.45, 2.75) is 36.3 Å². The first-order valence-corrected chi connectivity index (χ1v) is 12.4. The summed E-state index contributed by atoms with van der Waals surface area (Å²) in [6, 6.07) is 11.7. The van der Waals surface area contributed by atoms with Crippen LogP contribution in [0.5, 0.6) is 5.75 Å². The highest BCUT2D eigenvalue weighted by atomic mass is 32.2. The van der Waals surface area contributed by atoms with Crippen molar-refractivity contribution >= 4 is 27.5 Å². The quantitative estimate of drug-likeness (QED) is 0.423. The van der Waals surface area contributed by atoms with Crippen LogP contribution in [0.2, 0.25) is 0 Å². The fourth-order valence-corrected chi connectivity index (χ4v) is 4.76. The number of nitrogens with zero attached hydrogens (tertiary/aromatic N) is 3. The van der Waals surface area contributed by atoms with Gasteiger partial charge in [0.05, 0.1) is 17.7 Å². The van der Waals surface area contributed by atoms with Crippen LogP contribution in [-0.2, 0) is 21.2 Å². The van der Waals surface area contributed by atoms with Gasteiger partial charge in [-0.3, -0.25) is 9.78 Å². The van der Waals surface area contributed by atoms with Crippen LogP contribution < -0.4 is 9.64 Å². The maximum atomic E-state index is 13.4. The number of urea groups is 1. The van der Waals surface area contributed by atoms with E-state index in [0.29, 0.717) is 11.3 Å². The highest BCUT2D eigenvalue weighted by molar-refractivity contribution is 7.92. The molecule has 0 atom stereocenters. The van der Waals surface area contributed by atoms with Gasteiger partial charge in [-0.25, -0.2) is 18.1 Å². The van der Waals surface area contributed by atoms with E-state index in [4.69, 9.17) is 4.74 Å². The number of hydrogen-bond donors (Lipinski definition) is 0. The van der Waals surface area contributed by atoms with E-state index in [-0.39, 0.29) is 12.2 Å². The third-order valence-electron chi connectivity index (χ3n) is 6.17. The SMILES string of the molecule is COc1ccc(-c2cnccc2CN2C(=O)N(c3ccc(S(=O)(=O)C(F)(F)F)cc3)C(=O)C2(C)C)cc1. The van der Waals surface area contributed by atoms with E-state index in [2.05, 4.69) is 4.98 Å². The van der Waals surface area contributed by atoms with E-state index < -0.39 is 37.7 Å². The van der Waals surface area contributed by atoms with Gasteiger partial charge in [-0.15, -0.1) is 0 Å². The molecule has 194 valence electrons. The van der Waals surface area contributed by atoms with Gasteiger partial charge in [-0.05, 0) is 67.4 Å². The van der Waals surface area contributed by atoms with E-state index in [9.17, 15) is 31.2 Å². The first-order chi connectivity index (χ1) is 17.3. The van der Waals surface area contributed by atoms with Crippen LogP contribution in [0.1, 0.15) is 19.4 Å². The van der Waals surface area contributed by atoms with Gasteiger partial charge in [0.15, 0.2) is 0 Å². The van der Waals surface area contributed by atoms with E-state index in [1.165, 1.54) is 4.90 Å². The molecular weight excluding hydrogens is 511 g/mol. The number of hydrogen-bond acceptors (Lipinski definition) is 6. The number of ether oxygens (including phenoxy) is 1. The molecule has 3 aromatic rings. The van der Waals surface area contributed by atoms with Gasteiger partial charge >= 0.3 is 11.5 Å². The lowest BCUT2D eigenvalue weighted by Gasteiger charge is -2.28. The number of halogens is 3. The van der Waals surface area contributed by atoms with Crippen LogP contribution >= 0.6 is 0 Å². The molecule has 1 aliphatic rings. The Morgan fingerprint density at radius 2 is 1.59 bits per heavy atom. The molecule has 2 aromatic carbocycles. The third-order valence-corrected chi connectivity index (χ3v) is 7.68. The predicted octanol–water partition coefficient (Wildman–Crippen LogP) is 4.80. The normalized spacial score (nSPS) is 15.8. The monoisotopic (exact) mass is 533 g/mol. The molecule has 8 nitrogen and oxygen atoms in total. The molecular formula is C25H22F3N3O5S. The lowest BCUT2D eigenvalue weighted by atomic mass is 9.99. The molecule has 1 aliphatic heterocycles. The van der Waals surface area contributed by atoms with Crippen LogP contribution in [0.15, 0.2) is 71.9 Å². The van der Waals surface area contributed by atoms with Gasteiger partial charge in [0, 0.05) is 24.5 Å². The number of rotatable bonds is 6. The first kappa shape index (κ1) is 26.1. The van der Waals surface area contributed by atoms with E-state index in [1.807, 2.05) is 12.1 Å². The summed E-state index contributed by atoms with van der Waals surface area (Å²) >= 11 is 0. The zero-order valence-electron chi connectivity index (χ0n) is 20.0. The Morgan fingerprint density at radius 3 is 2.16 bits per heavy atom. The molecule has 4 rings (SSSR count). The summed E-state index contributed by atoms with van der Waals surface area (Å²) in [7, 11) is -4.01. The number of amides is 3. The van der Waals surface area contributed by atoms with E-state index >= 15 is 0 Å². The number of aromatic nitrogens is 1. The summed E-state index contributed by atoms with van der Waals surface area (Å²) in [6.07, 6.45) is 3.21. The van der Waals surface area contributed by atoms with Crippen LogP contribution in [0.25, 0.3) is 11.1 Å². The summed E-state index contributed by atoms with van der Waals surface area (Å²) in [5.74, 6) is 0.0596. The predicted molar refractivity (Wildman–Crippen MR) is 128 cm³/mol. The van der Waals surface area contributed by atoms with Crippen LogP contribution in [0, 0.1) is 0 Å². The molecule has 1 saturated heterocycles. The molecule has 1 aromatic heterocycles. The number of pyridine rings is 1. The van der Waals surface area contributed by atoms with Crippen molar-refractivity contribution in [1.82, 2.24) is 9.88 Å². The lowest BCUT2D eigenvalue weighted by molar-refractivity contribution is -0.123. The Labute approximate surface area is 211 Å². The van der Waals surface area contributed by atoms with Gasteiger partial charge in [0.2, 0.25) is 0 Å². The number of sulfone groups is 1. The minimum Gasteiger partial charge on any atom is -0.497 e. The number of carbonyl (C=O) groups excluding carboxylic acids is 2. The van der Waals surface area contributed by atoms with E-state index in [1.54, 1.807) is 51.6 Å². The number of anilines is 1. The minimum atomic E-state index is -5.57. The summed E-state index contributed by atoms with van der Waals surface area (Å²) in [4.78, 5) is 32.0. The van der Waals surface area contributed by atoms with Crippen LogP contribution in [0.3, 0.4) is 0 Å². The molecule has 0 spiro atoms. The molecule has 2 heterocycles. The van der Waals surface area contributed by atoms with Crippen molar-refractivity contribution in [2.24, 2.45) is 0 Å². The Kier molecular flexibility index (Phi) is 6.49. The third kappa shape index (κ3) is 4.52. The van der Waals surface area contributed by atoms with Crippen LogP contribution in [0.4, 0.5) is 23.7 Å². The minimum absolute atomic E-state index is 0.0402. The zero-order chi connectivity index (χ0) is 27.2. The molecule has 0 aliphatic carbocycles. The largest absolute Gasteiger partial charge is 0.501 e. The van der Waals surface area contributed by atoms with Gasteiger partial charge in [-0.2, -0.15) is 13.2 Å². The highest BCUT2D eigenvalue weighted by Gasteiger charge is 2.52. The molecule has 1 fully saturated rings. The molecule has 0 saturated carbocycles. The topological polar surface area (TPSA) is 96.9 Å². The lowest BCUT2D eigenvalue weighted by Crippen LogP contribution is -2.43. The van der Waals surface area contributed by atoms with Crippen molar-refractivity contribution in [2.75, 3.05) is 12.0 Å². The molecule has 12 heteroatoms. The molecule has 0 bridgehead atoms. The first-order valence-electron chi connectivity index (χ1n) is 10.9. The second-order valence-corrected chi connectivity index (χ2v) is 10.7. The van der Waals surface area contributed by atoms with Gasteiger partial charge in [0.25, 0.3) is 15.7 Å². The Hall–Kier alpha value is -3.93. The number of alkyl halides is 3. The van der Waals surface area contributed by atoms with Gasteiger partial charge in [0.1, 0.15) is 11.3 Å². The summed E-state index contributed by atoms with van der Waals surface area (Å²) in [5, 5.41) is 0. The number of methoxy groups -OCH3 is 1.